The van der Waals surface area contributed by atoms with Crippen LogP contribution in [0.25, 0.3) is 5.57 Å². The molecule has 4 radical (unpaired) electrons. The molecule has 2 aromatic rings. The molecule has 220 valence electrons. The van der Waals surface area contributed by atoms with Crippen LogP contribution in [0.4, 0.5) is 0 Å². The van der Waals surface area contributed by atoms with Crippen molar-refractivity contribution >= 4 is 42.4 Å². The monoisotopic (exact) mass is 600 g/mol. The van der Waals surface area contributed by atoms with Crippen LogP contribution in [-0.4, -0.2) is 30.6 Å². The Balaban J connectivity index is 2.31. The average Bonchev–Trinajstić information content (AvgIpc) is 3.31. The Labute approximate surface area is 251 Å². The van der Waals surface area contributed by atoms with E-state index in [1.165, 1.54) is 10.5 Å². The molecular formula is C32H48O5SSi2. The van der Waals surface area contributed by atoms with Gasteiger partial charge in [0.15, 0.2) is 0 Å². The summed E-state index contributed by atoms with van der Waals surface area (Å²) >= 11 is 1.70. The Kier molecular flexibility index (Phi) is 12.0. The molecule has 0 fully saturated rings. The second-order valence-corrected chi connectivity index (χ2v) is 18.2. The molecule has 0 aliphatic carbocycles. The minimum Gasteiger partial charge on any atom is -0.488 e. The summed E-state index contributed by atoms with van der Waals surface area (Å²) in [6.07, 6.45) is 3.60. The number of hydrogen-bond acceptors (Lipinski definition) is 5. The van der Waals surface area contributed by atoms with Gasteiger partial charge in [-0.15, -0.1) is 11.3 Å². The van der Waals surface area contributed by atoms with E-state index in [0.29, 0.717) is 32.6 Å². The summed E-state index contributed by atoms with van der Waals surface area (Å²) in [6.45, 7) is 24.3. The smallest absolute Gasteiger partial charge is 0.303 e. The SMILES string of the molecule is CCC(=CCCC(=O)O)c1ccc(COc2ccc(C(C)(C)O[Si]C(C)(C)C)c(C(C)(C)O[Si]C(C)(C)C)c2)s1. The normalized spacial score (nSPS) is 13.5. The first kappa shape index (κ1) is 34.5. The average molecular weight is 601 g/mol. The maximum atomic E-state index is 10.9. The van der Waals surface area contributed by atoms with E-state index >= 15 is 0 Å². The molecule has 5 nitrogen and oxygen atoms in total. The van der Waals surface area contributed by atoms with E-state index in [4.69, 9.17) is 18.7 Å². The summed E-state index contributed by atoms with van der Waals surface area (Å²) in [5, 5.41) is 9.11. The van der Waals surface area contributed by atoms with Crippen LogP contribution >= 0.6 is 11.3 Å². The first-order valence-electron chi connectivity index (χ1n) is 14.0. The van der Waals surface area contributed by atoms with Crippen molar-refractivity contribution in [2.24, 2.45) is 0 Å². The van der Waals surface area contributed by atoms with Crippen LogP contribution in [0.15, 0.2) is 36.4 Å². The molecule has 0 aliphatic rings. The lowest BCUT2D eigenvalue weighted by atomic mass is 9.85. The zero-order valence-electron chi connectivity index (χ0n) is 26.3. The summed E-state index contributed by atoms with van der Waals surface area (Å²) in [7, 11) is 0.712. The molecule has 0 saturated heterocycles. The predicted molar refractivity (Wildman–Crippen MR) is 169 cm³/mol. The summed E-state index contributed by atoms with van der Waals surface area (Å²) in [6, 6.07) is 10.5. The van der Waals surface area contributed by atoms with Gasteiger partial charge in [-0.1, -0.05) is 60.6 Å². The van der Waals surface area contributed by atoms with Gasteiger partial charge in [0.2, 0.25) is 19.5 Å². The van der Waals surface area contributed by atoms with E-state index in [-0.39, 0.29) is 16.5 Å². The fourth-order valence-corrected chi connectivity index (χ4v) is 6.25. The minimum absolute atomic E-state index is 0.0709. The van der Waals surface area contributed by atoms with Crippen molar-refractivity contribution in [1.82, 2.24) is 0 Å². The largest absolute Gasteiger partial charge is 0.488 e. The second-order valence-electron chi connectivity index (χ2n) is 13.2. The molecule has 0 unspecified atom stereocenters. The maximum absolute atomic E-state index is 10.9. The summed E-state index contributed by atoms with van der Waals surface area (Å²) in [5.74, 6) is 0.0284. The Morgan fingerprint density at radius 2 is 1.45 bits per heavy atom. The van der Waals surface area contributed by atoms with Crippen LogP contribution < -0.4 is 4.74 Å². The Morgan fingerprint density at radius 3 is 1.98 bits per heavy atom. The number of allylic oxidation sites excluding steroid dienone is 2. The topological polar surface area (TPSA) is 65.0 Å². The predicted octanol–water partition coefficient (Wildman–Crippen LogP) is 9.16. The van der Waals surface area contributed by atoms with Gasteiger partial charge in [-0.25, -0.2) is 0 Å². The molecule has 0 atom stereocenters. The van der Waals surface area contributed by atoms with Crippen molar-refractivity contribution in [2.75, 3.05) is 0 Å². The minimum atomic E-state index is -0.769. The van der Waals surface area contributed by atoms with Crippen molar-refractivity contribution in [3.63, 3.8) is 0 Å². The Morgan fingerprint density at radius 1 is 0.875 bits per heavy atom. The number of thiophene rings is 1. The van der Waals surface area contributed by atoms with Crippen molar-refractivity contribution < 1.29 is 23.5 Å². The van der Waals surface area contributed by atoms with Gasteiger partial charge < -0.3 is 18.7 Å². The van der Waals surface area contributed by atoms with Crippen LogP contribution in [0.2, 0.25) is 10.1 Å². The first-order valence-corrected chi connectivity index (χ1v) is 16.6. The molecule has 2 rings (SSSR count). The summed E-state index contributed by atoms with van der Waals surface area (Å²) < 4.78 is 19.4. The number of ether oxygens (including phenoxy) is 1. The van der Waals surface area contributed by atoms with Gasteiger partial charge in [-0.3, -0.25) is 4.79 Å². The Bertz CT molecular complexity index is 1150. The number of carbonyl (C=O) groups is 1. The molecular weight excluding hydrogens is 553 g/mol. The molecule has 40 heavy (non-hydrogen) atoms. The highest BCUT2D eigenvalue weighted by Gasteiger charge is 2.34. The molecule has 0 saturated carbocycles. The van der Waals surface area contributed by atoms with Gasteiger partial charge in [0.25, 0.3) is 0 Å². The van der Waals surface area contributed by atoms with Crippen LogP contribution in [-0.2, 0) is 31.5 Å². The lowest BCUT2D eigenvalue weighted by Crippen LogP contribution is -2.34. The van der Waals surface area contributed by atoms with Crippen molar-refractivity contribution in [3.8, 4) is 5.75 Å². The van der Waals surface area contributed by atoms with E-state index in [1.807, 2.05) is 12.1 Å². The lowest BCUT2D eigenvalue weighted by Gasteiger charge is -2.37. The van der Waals surface area contributed by atoms with Crippen molar-refractivity contribution in [3.05, 3.63) is 57.3 Å². The fourth-order valence-electron chi connectivity index (χ4n) is 3.88. The number of aliphatic carboxylic acids is 1. The van der Waals surface area contributed by atoms with E-state index in [9.17, 15) is 4.79 Å². The fraction of sp³-hybridized carbons (Fsp3) is 0.594. The quantitative estimate of drug-likeness (QED) is 0.219. The molecule has 0 amide bonds. The molecule has 1 N–H and O–H groups in total. The third-order valence-corrected chi connectivity index (χ3v) is 9.59. The third kappa shape index (κ3) is 11.3. The molecule has 0 spiro atoms. The van der Waals surface area contributed by atoms with E-state index in [0.717, 1.165) is 28.2 Å². The van der Waals surface area contributed by atoms with Gasteiger partial charge in [0, 0.05) is 16.2 Å². The van der Waals surface area contributed by atoms with Crippen LogP contribution in [0.1, 0.15) is 116 Å². The Hall–Kier alpha value is -1.72. The van der Waals surface area contributed by atoms with E-state index in [1.54, 1.807) is 11.3 Å². The van der Waals surface area contributed by atoms with Crippen molar-refractivity contribution in [2.45, 2.75) is 123 Å². The summed E-state index contributed by atoms with van der Waals surface area (Å²) in [4.78, 5) is 13.2. The maximum Gasteiger partial charge on any atom is 0.303 e. The number of hydrogen-bond donors (Lipinski definition) is 1. The van der Waals surface area contributed by atoms with Gasteiger partial charge in [0.1, 0.15) is 12.4 Å². The van der Waals surface area contributed by atoms with E-state index in [2.05, 4.69) is 100 Å². The van der Waals surface area contributed by atoms with Gasteiger partial charge in [0.05, 0.1) is 11.2 Å². The standard InChI is InChI=1S/C32H48O5SSi2/c1-12-22(14-13-15-28(33)34)27-19-17-24(38-27)21-35-23-16-18-25(31(8,9)36-39-29(2,3)4)26(20-23)32(10,11)37-40-30(5,6)7/h14,16-20H,12-13,15,21H2,1-11H3,(H,33,34). The number of benzene rings is 1. The third-order valence-electron chi connectivity index (χ3n) is 6.00. The highest BCUT2D eigenvalue weighted by molar-refractivity contribution is 7.13. The number of carboxylic acids is 1. The molecule has 1 aromatic heterocycles. The second kappa shape index (κ2) is 14.0. The van der Waals surface area contributed by atoms with Crippen LogP contribution in [0.3, 0.4) is 0 Å². The van der Waals surface area contributed by atoms with Gasteiger partial charge >= 0.3 is 5.97 Å². The van der Waals surface area contributed by atoms with Crippen LogP contribution in [0.5, 0.6) is 5.75 Å². The number of rotatable bonds is 14. The molecule has 0 bridgehead atoms. The first-order chi connectivity index (χ1) is 18.3. The highest BCUT2D eigenvalue weighted by Crippen LogP contribution is 2.40. The number of carboxylic acid groups (broad SMARTS) is 1. The van der Waals surface area contributed by atoms with Crippen LogP contribution in [0, 0.1) is 0 Å². The van der Waals surface area contributed by atoms with Gasteiger partial charge in [-0.05, 0) is 91.6 Å². The molecule has 1 heterocycles. The van der Waals surface area contributed by atoms with Crippen molar-refractivity contribution in [1.29, 1.82) is 0 Å². The zero-order valence-corrected chi connectivity index (χ0v) is 29.1. The zero-order chi connectivity index (χ0) is 30.4. The van der Waals surface area contributed by atoms with Gasteiger partial charge in [-0.2, -0.15) is 0 Å². The molecule has 8 heteroatoms. The van der Waals surface area contributed by atoms with E-state index < -0.39 is 17.2 Å². The highest BCUT2D eigenvalue weighted by atomic mass is 32.1. The molecule has 0 aliphatic heterocycles. The summed E-state index contributed by atoms with van der Waals surface area (Å²) in [5.41, 5.74) is 2.35. The molecule has 1 aromatic carbocycles. The lowest BCUT2D eigenvalue weighted by molar-refractivity contribution is -0.136.